The molecule has 1 rings (SSSR count). The molecule has 114 valence electrons. The Labute approximate surface area is 124 Å². The lowest BCUT2D eigenvalue weighted by Crippen LogP contribution is -2.16. The Balaban J connectivity index is 2.45. The molecule has 0 fully saturated rings. The summed E-state index contributed by atoms with van der Waals surface area (Å²) >= 11 is 0. The molecule has 1 N–H and O–H groups in total. The van der Waals surface area contributed by atoms with E-state index in [9.17, 15) is 0 Å². The standard InChI is InChI=1S/C18H31NO/c1-5-6-7-8-11-16(4)19-17-12-9-10-13-18(17)20-14-15(2)3/h9-10,12-13,15-16,19H,5-8,11,14H2,1-4H3. The van der Waals surface area contributed by atoms with Crippen LogP contribution in [0.15, 0.2) is 24.3 Å². The maximum absolute atomic E-state index is 5.88. The second-order valence-corrected chi connectivity index (χ2v) is 6.10. The molecule has 0 bridgehead atoms. The number of anilines is 1. The van der Waals surface area contributed by atoms with Crippen LogP contribution in [-0.4, -0.2) is 12.6 Å². The second kappa shape index (κ2) is 9.68. The van der Waals surface area contributed by atoms with Crippen molar-refractivity contribution in [3.05, 3.63) is 24.3 Å². The first-order chi connectivity index (χ1) is 9.63. The van der Waals surface area contributed by atoms with Gasteiger partial charge in [-0.1, -0.05) is 58.6 Å². The number of nitrogens with one attached hydrogen (secondary N) is 1. The summed E-state index contributed by atoms with van der Waals surface area (Å²) in [6.07, 6.45) is 6.51. The van der Waals surface area contributed by atoms with Gasteiger partial charge in [0, 0.05) is 6.04 Å². The number of ether oxygens (including phenoxy) is 1. The van der Waals surface area contributed by atoms with Gasteiger partial charge in [-0.25, -0.2) is 0 Å². The van der Waals surface area contributed by atoms with Gasteiger partial charge >= 0.3 is 0 Å². The van der Waals surface area contributed by atoms with Crippen LogP contribution in [0.3, 0.4) is 0 Å². The third kappa shape index (κ3) is 6.83. The van der Waals surface area contributed by atoms with E-state index < -0.39 is 0 Å². The lowest BCUT2D eigenvalue weighted by Gasteiger charge is -2.19. The Morgan fingerprint density at radius 3 is 2.50 bits per heavy atom. The average molecular weight is 277 g/mol. The lowest BCUT2D eigenvalue weighted by molar-refractivity contribution is 0.272. The molecule has 0 amide bonds. The molecule has 1 aromatic carbocycles. The summed E-state index contributed by atoms with van der Waals surface area (Å²) in [5.41, 5.74) is 1.12. The van der Waals surface area contributed by atoms with Gasteiger partial charge in [-0.3, -0.25) is 0 Å². The van der Waals surface area contributed by atoms with Crippen molar-refractivity contribution in [1.82, 2.24) is 0 Å². The summed E-state index contributed by atoms with van der Waals surface area (Å²) in [7, 11) is 0. The highest BCUT2D eigenvalue weighted by Crippen LogP contribution is 2.25. The molecule has 0 saturated carbocycles. The molecule has 0 radical (unpaired) electrons. The van der Waals surface area contributed by atoms with E-state index >= 15 is 0 Å². The summed E-state index contributed by atoms with van der Waals surface area (Å²) in [5.74, 6) is 1.52. The van der Waals surface area contributed by atoms with Crippen LogP contribution in [-0.2, 0) is 0 Å². The Hall–Kier alpha value is -1.18. The van der Waals surface area contributed by atoms with E-state index in [1.165, 1.54) is 32.1 Å². The highest BCUT2D eigenvalue weighted by atomic mass is 16.5. The highest BCUT2D eigenvalue weighted by molar-refractivity contribution is 5.56. The van der Waals surface area contributed by atoms with Crippen LogP contribution in [0.2, 0.25) is 0 Å². The molecule has 1 unspecified atom stereocenters. The van der Waals surface area contributed by atoms with E-state index in [1.807, 2.05) is 6.07 Å². The normalized spacial score (nSPS) is 12.4. The minimum Gasteiger partial charge on any atom is -0.491 e. The molecule has 0 aliphatic rings. The SMILES string of the molecule is CCCCCCC(C)Nc1ccccc1OCC(C)C. The molecule has 0 saturated heterocycles. The molecule has 2 heteroatoms. The molecule has 20 heavy (non-hydrogen) atoms. The second-order valence-electron chi connectivity index (χ2n) is 6.10. The fourth-order valence-corrected chi connectivity index (χ4v) is 2.18. The van der Waals surface area contributed by atoms with Crippen molar-refractivity contribution >= 4 is 5.69 Å². The van der Waals surface area contributed by atoms with Crippen LogP contribution < -0.4 is 10.1 Å². The predicted octanol–water partition coefficient (Wildman–Crippen LogP) is 5.49. The van der Waals surface area contributed by atoms with Gasteiger partial charge in [0.25, 0.3) is 0 Å². The Bertz CT molecular complexity index is 362. The molecule has 0 heterocycles. The maximum Gasteiger partial charge on any atom is 0.142 e. The van der Waals surface area contributed by atoms with Gasteiger partial charge in [0.2, 0.25) is 0 Å². The molecular weight excluding hydrogens is 246 g/mol. The van der Waals surface area contributed by atoms with Crippen LogP contribution in [0, 0.1) is 5.92 Å². The monoisotopic (exact) mass is 277 g/mol. The minimum absolute atomic E-state index is 0.496. The quantitative estimate of drug-likeness (QED) is 0.571. The van der Waals surface area contributed by atoms with Crippen molar-refractivity contribution in [3.8, 4) is 5.75 Å². The molecule has 1 atom stereocenters. The van der Waals surface area contributed by atoms with Crippen LogP contribution in [0.1, 0.15) is 59.8 Å². The van der Waals surface area contributed by atoms with Crippen LogP contribution in [0.25, 0.3) is 0 Å². The van der Waals surface area contributed by atoms with Gasteiger partial charge in [-0.15, -0.1) is 0 Å². The van der Waals surface area contributed by atoms with Crippen molar-refractivity contribution in [3.63, 3.8) is 0 Å². The topological polar surface area (TPSA) is 21.3 Å². The third-order valence-corrected chi connectivity index (χ3v) is 3.35. The predicted molar refractivity (Wildman–Crippen MR) is 88.6 cm³/mol. The Kier molecular flexibility index (Phi) is 8.17. The van der Waals surface area contributed by atoms with Crippen LogP contribution in [0.4, 0.5) is 5.69 Å². The summed E-state index contributed by atoms with van der Waals surface area (Å²) in [4.78, 5) is 0. The van der Waals surface area contributed by atoms with E-state index in [4.69, 9.17) is 4.74 Å². The Morgan fingerprint density at radius 1 is 1.05 bits per heavy atom. The van der Waals surface area contributed by atoms with Crippen molar-refractivity contribution in [2.45, 2.75) is 65.8 Å². The zero-order valence-electron chi connectivity index (χ0n) is 13.6. The molecule has 0 aliphatic carbocycles. The smallest absolute Gasteiger partial charge is 0.142 e. The number of para-hydroxylation sites is 2. The van der Waals surface area contributed by atoms with Gasteiger partial charge in [0.1, 0.15) is 5.75 Å². The molecule has 0 aromatic heterocycles. The molecular formula is C18H31NO. The van der Waals surface area contributed by atoms with E-state index in [2.05, 4.69) is 51.2 Å². The van der Waals surface area contributed by atoms with Crippen molar-refractivity contribution in [1.29, 1.82) is 0 Å². The van der Waals surface area contributed by atoms with Crippen molar-refractivity contribution < 1.29 is 4.74 Å². The first-order valence-electron chi connectivity index (χ1n) is 8.11. The summed E-state index contributed by atoms with van der Waals surface area (Å²) in [6, 6.07) is 8.75. The third-order valence-electron chi connectivity index (χ3n) is 3.35. The molecule has 2 nitrogen and oxygen atoms in total. The highest BCUT2D eigenvalue weighted by Gasteiger charge is 2.07. The lowest BCUT2D eigenvalue weighted by atomic mass is 10.1. The number of hydrogen-bond donors (Lipinski definition) is 1. The van der Waals surface area contributed by atoms with Crippen LogP contribution >= 0.6 is 0 Å². The first-order valence-corrected chi connectivity index (χ1v) is 8.11. The number of benzene rings is 1. The summed E-state index contributed by atoms with van der Waals surface area (Å²) in [6.45, 7) is 9.62. The molecule has 0 aliphatic heterocycles. The van der Waals surface area contributed by atoms with Gasteiger partial charge in [0.05, 0.1) is 12.3 Å². The zero-order chi connectivity index (χ0) is 14.8. The Morgan fingerprint density at radius 2 is 1.80 bits per heavy atom. The van der Waals surface area contributed by atoms with E-state index in [0.29, 0.717) is 12.0 Å². The average Bonchev–Trinajstić information content (AvgIpc) is 2.42. The summed E-state index contributed by atoms with van der Waals surface area (Å²) in [5, 5.41) is 3.59. The fraction of sp³-hybridized carbons (Fsp3) is 0.667. The van der Waals surface area contributed by atoms with Crippen LogP contribution in [0.5, 0.6) is 5.75 Å². The zero-order valence-corrected chi connectivity index (χ0v) is 13.6. The largest absolute Gasteiger partial charge is 0.491 e. The maximum atomic E-state index is 5.88. The van der Waals surface area contributed by atoms with Crippen molar-refractivity contribution in [2.24, 2.45) is 5.92 Å². The van der Waals surface area contributed by atoms with Crippen molar-refractivity contribution in [2.75, 3.05) is 11.9 Å². The van der Waals surface area contributed by atoms with Gasteiger partial charge in [0.15, 0.2) is 0 Å². The summed E-state index contributed by atoms with van der Waals surface area (Å²) < 4.78 is 5.88. The van der Waals surface area contributed by atoms with Gasteiger partial charge < -0.3 is 10.1 Å². The number of rotatable bonds is 10. The van der Waals surface area contributed by atoms with Gasteiger partial charge in [-0.05, 0) is 31.4 Å². The van der Waals surface area contributed by atoms with Gasteiger partial charge in [-0.2, -0.15) is 0 Å². The number of unbranched alkanes of at least 4 members (excludes halogenated alkanes) is 3. The fourth-order valence-electron chi connectivity index (χ4n) is 2.18. The van der Waals surface area contributed by atoms with E-state index in [-0.39, 0.29) is 0 Å². The first kappa shape index (κ1) is 16.9. The minimum atomic E-state index is 0.496. The van der Waals surface area contributed by atoms with E-state index in [1.54, 1.807) is 0 Å². The van der Waals surface area contributed by atoms with E-state index in [0.717, 1.165) is 18.0 Å². The molecule has 1 aromatic rings. The molecule has 0 spiro atoms. The number of hydrogen-bond acceptors (Lipinski definition) is 2.